The van der Waals surface area contributed by atoms with Crippen molar-refractivity contribution in [1.82, 2.24) is 20.1 Å². The van der Waals surface area contributed by atoms with Gasteiger partial charge in [-0.1, -0.05) is 13.8 Å². The molecule has 100 valence electrons. The van der Waals surface area contributed by atoms with Crippen LogP contribution >= 0.6 is 0 Å². The lowest BCUT2D eigenvalue weighted by molar-refractivity contribution is -0.0588. The van der Waals surface area contributed by atoms with Crippen LogP contribution in [-0.2, 0) is 4.74 Å². The zero-order chi connectivity index (χ0) is 13.3. The summed E-state index contributed by atoms with van der Waals surface area (Å²) in [4.78, 5) is 18.2. The Bertz CT molecular complexity index is 419. The van der Waals surface area contributed by atoms with Crippen molar-refractivity contribution >= 4 is 5.91 Å². The largest absolute Gasteiger partial charge is 0.372 e. The summed E-state index contributed by atoms with van der Waals surface area (Å²) in [6.07, 6.45) is 0.113. The zero-order valence-electron chi connectivity index (χ0n) is 11.3. The molecule has 1 N–H and O–H groups in total. The second-order valence-corrected chi connectivity index (χ2v) is 5.17. The van der Waals surface area contributed by atoms with E-state index >= 15 is 0 Å². The molecule has 6 heteroatoms. The van der Waals surface area contributed by atoms with Crippen molar-refractivity contribution in [2.45, 2.75) is 45.8 Å². The lowest BCUT2D eigenvalue weighted by Crippen LogP contribution is -2.48. The van der Waals surface area contributed by atoms with E-state index in [4.69, 9.17) is 4.74 Å². The monoisotopic (exact) mass is 252 g/mol. The van der Waals surface area contributed by atoms with E-state index in [1.165, 1.54) is 0 Å². The second kappa shape index (κ2) is 5.06. The van der Waals surface area contributed by atoms with Gasteiger partial charge >= 0.3 is 0 Å². The average Bonchev–Trinajstić information content (AvgIpc) is 2.75. The van der Waals surface area contributed by atoms with E-state index in [-0.39, 0.29) is 29.9 Å². The molecule has 18 heavy (non-hydrogen) atoms. The molecular weight excluding hydrogens is 232 g/mol. The topological polar surface area (TPSA) is 71.1 Å². The van der Waals surface area contributed by atoms with Gasteiger partial charge in [0, 0.05) is 19.0 Å². The van der Waals surface area contributed by atoms with Gasteiger partial charge in [0.05, 0.1) is 12.2 Å². The number of carbonyl (C=O) groups excluding carboxylic acids is 1. The second-order valence-electron chi connectivity index (χ2n) is 5.17. The highest BCUT2D eigenvalue weighted by molar-refractivity contribution is 5.90. The molecule has 0 spiro atoms. The summed E-state index contributed by atoms with van der Waals surface area (Å²) in [7, 11) is 0. The lowest BCUT2D eigenvalue weighted by atomic mass is 10.2. The van der Waals surface area contributed by atoms with Crippen molar-refractivity contribution < 1.29 is 9.53 Å². The van der Waals surface area contributed by atoms with Crippen LogP contribution in [0.3, 0.4) is 0 Å². The van der Waals surface area contributed by atoms with Crippen LogP contribution in [0.15, 0.2) is 0 Å². The number of carbonyl (C=O) groups is 1. The molecule has 1 fully saturated rings. The zero-order valence-corrected chi connectivity index (χ0v) is 11.3. The minimum Gasteiger partial charge on any atom is -0.372 e. The Morgan fingerprint density at radius 2 is 2.00 bits per heavy atom. The van der Waals surface area contributed by atoms with Crippen molar-refractivity contribution in [3.8, 4) is 0 Å². The third-order valence-electron chi connectivity index (χ3n) is 2.95. The van der Waals surface area contributed by atoms with E-state index in [1.807, 2.05) is 27.7 Å². The van der Waals surface area contributed by atoms with Gasteiger partial charge in [0.15, 0.2) is 0 Å². The molecule has 1 aromatic rings. The summed E-state index contributed by atoms with van der Waals surface area (Å²) in [6, 6.07) is 0. The van der Waals surface area contributed by atoms with Crippen LogP contribution in [-0.4, -0.2) is 51.3 Å². The van der Waals surface area contributed by atoms with Crippen molar-refractivity contribution in [2.75, 3.05) is 13.1 Å². The van der Waals surface area contributed by atoms with Crippen LogP contribution in [0.2, 0.25) is 0 Å². The first-order valence-corrected chi connectivity index (χ1v) is 6.34. The molecule has 1 aliphatic heterocycles. The van der Waals surface area contributed by atoms with Gasteiger partial charge < -0.3 is 9.64 Å². The number of hydrogen-bond donors (Lipinski definition) is 1. The summed E-state index contributed by atoms with van der Waals surface area (Å²) in [5.74, 6) is 1.11. The van der Waals surface area contributed by atoms with Crippen LogP contribution in [0.25, 0.3) is 0 Å². The summed E-state index contributed by atoms with van der Waals surface area (Å²) in [5.41, 5.74) is 0. The summed E-state index contributed by atoms with van der Waals surface area (Å²) in [6.45, 7) is 9.13. The molecule has 6 nitrogen and oxygen atoms in total. The van der Waals surface area contributed by atoms with Gasteiger partial charge in [-0.15, -0.1) is 5.10 Å². The number of H-pyrrole nitrogens is 1. The van der Waals surface area contributed by atoms with Crippen molar-refractivity contribution in [3.05, 3.63) is 11.6 Å². The Morgan fingerprint density at radius 3 is 2.50 bits per heavy atom. The quantitative estimate of drug-likeness (QED) is 0.858. The van der Waals surface area contributed by atoms with Crippen molar-refractivity contribution in [1.29, 1.82) is 0 Å². The number of morpholine rings is 1. The fourth-order valence-electron chi connectivity index (χ4n) is 2.11. The van der Waals surface area contributed by atoms with Gasteiger partial charge in [0.2, 0.25) is 5.82 Å². The molecule has 2 atom stereocenters. The minimum absolute atomic E-state index is 0.0567. The maximum absolute atomic E-state index is 12.3. The van der Waals surface area contributed by atoms with E-state index in [2.05, 4.69) is 15.2 Å². The lowest BCUT2D eigenvalue weighted by Gasteiger charge is -2.34. The number of ether oxygens (including phenoxy) is 1. The fraction of sp³-hybridized carbons (Fsp3) is 0.750. The van der Waals surface area contributed by atoms with Crippen LogP contribution in [0, 0.1) is 0 Å². The van der Waals surface area contributed by atoms with Gasteiger partial charge in [-0.2, -0.15) is 0 Å². The molecule has 1 saturated heterocycles. The number of rotatable bonds is 2. The number of amides is 1. The molecule has 2 heterocycles. The molecule has 1 amide bonds. The summed E-state index contributed by atoms with van der Waals surface area (Å²) >= 11 is 0. The Morgan fingerprint density at radius 1 is 1.39 bits per heavy atom. The first kappa shape index (κ1) is 13.0. The number of nitrogens with zero attached hydrogens (tertiary/aromatic N) is 3. The van der Waals surface area contributed by atoms with Crippen LogP contribution in [0.4, 0.5) is 0 Å². The normalized spacial score (nSPS) is 24.6. The van der Waals surface area contributed by atoms with Gasteiger partial charge in [0.1, 0.15) is 5.82 Å². The van der Waals surface area contributed by atoms with E-state index in [0.29, 0.717) is 13.1 Å². The Balaban J connectivity index is 2.10. The number of nitrogens with one attached hydrogen (secondary N) is 1. The Hall–Kier alpha value is -1.43. The van der Waals surface area contributed by atoms with E-state index < -0.39 is 0 Å². The third-order valence-corrected chi connectivity index (χ3v) is 2.95. The first-order chi connectivity index (χ1) is 8.47. The fourth-order valence-corrected chi connectivity index (χ4v) is 2.11. The Labute approximate surface area is 107 Å². The third kappa shape index (κ3) is 2.69. The summed E-state index contributed by atoms with van der Waals surface area (Å²) < 4.78 is 5.60. The van der Waals surface area contributed by atoms with E-state index in [1.54, 1.807) is 4.90 Å². The predicted molar refractivity (Wildman–Crippen MR) is 66.4 cm³/mol. The molecule has 0 aliphatic carbocycles. The predicted octanol–water partition coefficient (Wildman–Crippen LogP) is 1.18. The SMILES string of the molecule is CC1CN(C(=O)c2n[nH]c(C(C)C)n2)CC(C)O1. The van der Waals surface area contributed by atoms with Gasteiger partial charge in [0.25, 0.3) is 5.91 Å². The Kier molecular flexibility index (Phi) is 3.65. The standard InChI is InChI=1S/C12H20N4O2/c1-7(2)10-13-11(15-14-10)12(17)16-5-8(3)18-9(4)6-16/h7-9H,5-6H2,1-4H3,(H,13,14,15). The highest BCUT2D eigenvalue weighted by Gasteiger charge is 2.28. The first-order valence-electron chi connectivity index (χ1n) is 6.34. The molecule has 0 saturated carbocycles. The van der Waals surface area contributed by atoms with Crippen molar-refractivity contribution in [3.63, 3.8) is 0 Å². The van der Waals surface area contributed by atoms with Gasteiger partial charge in [-0.05, 0) is 13.8 Å². The summed E-state index contributed by atoms with van der Waals surface area (Å²) in [5, 5.41) is 6.80. The molecular formula is C12H20N4O2. The molecule has 2 unspecified atom stereocenters. The minimum atomic E-state index is -0.125. The molecule has 1 aliphatic rings. The number of aromatic amines is 1. The van der Waals surface area contributed by atoms with Crippen molar-refractivity contribution in [2.24, 2.45) is 0 Å². The van der Waals surface area contributed by atoms with Crippen LogP contribution in [0.5, 0.6) is 0 Å². The molecule has 0 radical (unpaired) electrons. The molecule has 0 bridgehead atoms. The van der Waals surface area contributed by atoms with Crippen LogP contribution < -0.4 is 0 Å². The molecule has 2 rings (SSSR count). The highest BCUT2D eigenvalue weighted by atomic mass is 16.5. The van der Waals surface area contributed by atoms with E-state index in [9.17, 15) is 4.79 Å². The molecule has 1 aromatic heterocycles. The van der Waals surface area contributed by atoms with Gasteiger partial charge in [-0.3, -0.25) is 9.89 Å². The highest BCUT2D eigenvalue weighted by Crippen LogP contribution is 2.14. The number of aromatic nitrogens is 3. The van der Waals surface area contributed by atoms with Crippen LogP contribution in [0.1, 0.15) is 50.1 Å². The smallest absolute Gasteiger partial charge is 0.293 e. The molecule has 0 aromatic carbocycles. The number of hydrogen-bond acceptors (Lipinski definition) is 4. The maximum Gasteiger partial charge on any atom is 0.293 e. The van der Waals surface area contributed by atoms with E-state index in [0.717, 1.165) is 5.82 Å². The van der Waals surface area contributed by atoms with Gasteiger partial charge in [-0.25, -0.2) is 4.98 Å². The maximum atomic E-state index is 12.3. The average molecular weight is 252 g/mol.